The molecule has 1 atom stereocenters. The summed E-state index contributed by atoms with van der Waals surface area (Å²) in [6.07, 6.45) is 3.32. The van der Waals surface area contributed by atoms with Gasteiger partial charge in [-0.05, 0) is 48.2 Å². The van der Waals surface area contributed by atoms with Crippen LogP contribution in [-0.4, -0.2) is 39.4 Å². The molecule has 0 radical (unpaired) electrons. The maximum atomic E-state index is 13.6. The van der Waals surface area contributed by atoms with Crippen molar-refractivity contribution < 1.29 is 4.39 Å². The number of hydrogen-bond acceptors (Lipinski definition) is 5. The molecule has 5 rings (SSSR count). The third kappa shape index (κ3) is 2.52. The van der Waals surface area contributed by atoms with E-state index in [0.29, 0.717) is 25.3 Å². The lowest BCUT2D eigenvalue weighted by atomic mass is 10.1. The lowest BCUT2D eigenvalue weighted by Crippen LogP contribution is -2.21. The van der Waals surface area contributed by atoms with Crippen LogP contribution < -0.4 is 10.2 Å². The molecule has 4 aromatic rings. The van der Waals surface area contributed by atoms with Gasteiger partial charge >= 0.3 is 0 Å². The summed E-state index contributed by atoms with van der Waals surface area (Å²) in [6, 6.07) is 11.8. The third-order valence-corrected chi connectivity index (χ3v) is 4.76. The van der Waals surface area contributed by atoms with Gasteiger partial charge < -0.3 is 10.2 Å². The highest BCUT2D eigenvalue weighted by Crippen LogP contribution is 2.31. The van der Waals surface area contributed by atoms with E-state index in [4.69, 9.17) is 0 Å². The molecule has 0 bridgehead atoms. The molecule has 1 fully saturated rings. The van der Waals surface area contributed by atoms with E-state index in [2.05, 4.69) is 25.5 Å². The number of rotatable bonds is 3. The smallest absolute Gasteiger partial charge is 0.178 e. The summed E-state index contributed by atoms with van der Waals surface area (Å²) in [7, 11) is 0. The summed E-state index contributed by atoms with van der Waals surface area (Å²) < 4.78 is 13.6. The molecule has 130 valence electrons. The first-order valence-corrected chi connectivity index (χ1v) is 8.62. The van der Waals surface area contributed by atoms with Crippen molar-refractivity contribution >= 4 is 39.1 Å². The first-order valence-electron chi connectivity index (χ1n) is 8.62. The van der Waals surface area contributed by atoms with Gasteiger partial charge in [-0.1, -0.05) is 0 Å². The Morgan fingerprint density at radius 2 is 2.12 bits per heavy atom. The van der Waals surface area contributed by atoms with Gasteiger partial charge in [-0.25, -0.2) is 9.37 Å². The summed E-state index contributed by atoms with van der Waals surface area (Å²) in [5, 5.41) is 12.7. The van der Waals surface area contributed by atoms with E-state index >= 15 is 0 Å². The molecule has 0 unspecified atom stereocenters. The predicted molar refractivity (Wildman–Crippen MR) is 101 cm³/mol. The Bertz CT molecular complexity index is 1090. The summed E-state index contributed by atoms with van der Waals surface area (Å²) in [5.74, 6) is 1.54. The molecule has 2 N–H and O–H groups in total. The molecule has 6 nitrogen and oxygen atoms in total. The van der Waals surface area contributed by atoms with Crippen molar-refractivity contribution in [2.75, 3.05) is 23.3 Å². The fourth-order valence-corrected chi connectivity index (χ4v) is 3.48. The van der Waals surface area contributed by atoms with Crippen LogP contribution >= 0.6 is 0 Å². The Labute approximate surface area is 149 Å². The van der Waals surface area contributed by atoms with Gasteiger partial charge in [-0.2, -0.15) is 5.10 Å². The molecule has 1 aromatic carbocycles. The quantitative estimate of drug-likeness (QED) is 0.589. The second-order valence-electron chi connectivity index (χ2n) is 6.50. The van der Waals surface area contributed by atoms with E-state index < -0.39 is 6.17 Å². The number of anilines is 3. The molecule has 0 saturated carbocycles. The maximum Gasteiger partial charge on any atom is 0.178 e. The number of benzene rings is 1. The van der Waals surface area contributed by atoms with Gasteiger partial charge in [-0.15, -0.1) is 0 Å². The van der Waals surface area contributed by atoms with E-state index in [0.717, 1.165) is 33.3 Å². The number of aromatic nitrogens is 4. The van der Waals surface area contributed by atoms with Crippen LogP contribution in [0.3, 0.4) is 0 Å². The molecule has 0 spiro atoms. The minimum absolute atomic E-state index is 0.414. The van der Waals surface area contributed by atoms with Crippen LogP contribution in [0.5, 0.6) is 0 Å². The molecule has 1 aliphatic heterocycles. The van der Waals surface area contributed by atoms with Crippen LogP contribution in [-0.2, 0) is 0 Å². The van der Waals surface area contributed by atoms with Crippen molar-refractivity contribution in [3.63, 3.8) is 0 Å². The molecule has 1 aliphatic rings. The summed E-state index contributed by atoms with van der Waals surface area (Å²) in [4.78, 5) is 10.9. The number of pyridine rings is 2. The minimum atomic E-state index is -0.770. The standard InChI is InChI=1S/C19H17FN6/c20-13-6-9-26(11-13)19-15-4-3-14(10-12(15)5-8-22-19)23-18-17-16(24-25-18)2-1-7-21-17/h1-5,7-8,10,13H,6,9,11H2,(H2,23,24,25)/t13-/m0/s1. The van der Waals surface area contributed by atoms with Crippen LogP contribution in [0.25, 0.3) is 21.8 Å². The van der Waals surface area contributed by atoms with Crippen LogP contribution in [0, 0.1) is 0 Å². The monoisotopic (exact) mass is 348 g/mol. The average molecular weight is 348 g/mol. The van der Waals surface area contributed by atoms with Gasteiger partial charge in [0.05, 0.1) is 12.1 Å². The van der Waals surface area contributed by atoms with Gasteiger partial charge in [-0.3, -0.25) is 10.1 Å². The minimum Gasteiger partial charge on any atom is -0.353 e. The zero-order chi connectivity index (χ0) is 17.5. The molecule has 7 heteroatoms. The second kappa shape index (κ2) is 5.94. The Balaban J connectivity index is 1.50. The Morgan fingerprint density at radius 3 is 3.00 bits per heavy atom. The highest BCUT2D eigenvalue weighted by molar-refractivity contribution is 5.95. The number of alkyl halides is 1. The highest BCUT2D eigenvalue weighted by Gasteiger charge is 2.24. The molecule has 26 heavy (non-hydrogen) atoms. The van der Waals surface area contributed by atoms with Crippen molar-refractivity contribution in [2.45, 2.75) is 12.6 Å². The van der Waals surface area contributed by atoms with Gasteiger partial charge in [0.1, 0.15) is 17.5 Å². The SMILES string of the molecule is F[C@H]1CCN(c2nccc3cc(Nc4n[nH]c5cccnc45)ccc23)C1. The van der Waals surface area contributed by atoms with Crippen LogP contribution in [0.4, 0.5) is 21.7 Å². The lowest BCUT2D eigenvalue weighted by molar-refractivity contribution is 0.364. The Hall–Kier alpha value is -3.22. The van der Waals surface area contributed by atoms with Crippen LogP contribution in [0.15, 0.2) is 48.8 Å². The van der Waals surface area contributed by atoms with Gasteiger partial charge in [0.25, 0.3) is 0 Å². The van der Waals surface area contributed by atoms with E-state index in [9.17, 15) is 4.39 Å². The fraction of sp³-hybridized carbons (Fsp3) is 0.211. The summed E-state index contributed by atoms with van der Waals surface area (Å²) in [5.41, 5.74) is 2.60. The second-order valence-corrected chi connectivity index (χ2v) is 6.50. The first-order chi connectivity index (χ1) is 12.8. The number of aromatic amines is 1. The first kappa shape index (κ1) is 15.1. The molecular formula is C19H17FN6. The van der Waals surface area contributed by atoms with Gasteiger partial charge in [0.15, 0.2) is 5.82 Å². The highest BCUT2D eigenvalue weighted by atomic mass is 19.1. The van der Waals surface area contributed by atoms with Crippen molar-refractivity contribution in [1.82, 2.24) is 20.2 Å². The average Bonchev–Trinajstić information content (AvgIpc) is 3.28. The van der Waals surface area contributed by atoms with E-state index in [-0.39, 0.29) is 0 Å². The van der Waals surface area contributed by atoms with Crippen LogP contribution in [0.1, 0.15) is 6.42 Å². The molecule has 0 aliphatic carbocycles. The molecule has 0 amide bonds. The largest absolute Gasteiger partial charge is 0.353 e. The number of halogens is 1. The Morgan fingerprint density at radius 1 is 1.15 bits per heavy atom. The van der Waals surface area contributed by atoms with E-state index in [1.54, 1.807) is 12.4 Å². The Kier molecular flexibility index (Phi) is 3.44. The molecule has 3 aromatic heterocycles. The zero-order valence-corrected chi connectivity index (χ0v) is 14.0. The van der Waals surface area contributed by atoms with Crippen molar-refractivity contribution in [1.29, 1.82) is 0 Å². The lowest BCUT2D eigenvalue weighted by Gasteiger charge is -2.18. The topological polar surface area (TPSA) is 69.7 Å². The molecule has 4 heterocycles. The van der Waals surface area contributed by atoms with Crippen molar-refractivity contribution in [3.05, 3.63) is 48.8 Å². The van der Waals surface area contributed by atoms with Crippen molar-refractivity contribution in [3.8, 4) is 0 Å². The number of hydrogen-bond donors (Lipinski definition) is 2. The number of H-pyrrole nitrogens is 1. The molecular weight excluding hydrogens is 331 g/mol. The number of fused-ring (bicyclic) bond motifs is 2. The fourth-order valence-electron chi connectivity index (χ4n) is 3.48. The summed E-state index contributed by atoms with van der Waals surface area (Å²) in [6.45, 7) is 1.12. The van der Waals surface area contributed by atoms with E-state index in [1.807, 2.05) is 41.3 Å². The van der Waals surface area contributed by atoms with E-state index in [1.165, 1.54) is 0 Å². The van der Waals surface area contributed by atoms with Crippen LogP contribution in [0.2, 0.25) is 0 Å². The number of nitrogens with zero attached hydrogens (tertiary/aromatic N) is 4. The predicted octanol–water partition coefficient (Wildman–Crippen LogP) is 3.80. The normalized spacial score (nSPS) is 17.3. The molecule has 1 saturated heterocycles. The van der Waals surface area contributed by atoms with Crippen molar-refractivity contribution in [2.24, 2.45) is 0 Å². The maximum absolute atomic E-state index is 13.6. The number of nitrogens with one attached hydrogen (secondary N) is 2. The van der Waals surface area contributed by atoms with Gasteiger partial charge in [0.2, 0.25) is 0 Å². The van der Waals surface area contributed by atoms with Gasteiger partial charge in [0, 0.05) is 30.0 Å². The summed E-state index contributed by atoms with van der Waals surface area (Å²) >= 11 is 0. The zero-order valence-electron chi connectivity index (χ0n) is 14.0. The third-order valence-electron chi connectivity index (χ3n) is 4.76.